The highest BCUT2D eigenvalue weighted by Crippen LogP contribution is 2.48. The second-order valence-corrected chi connectivity index (χ2v) is 22.6. The molecule has 3 aliphatic rings. The Labute approximate surface area is 448 Å². The van der Waals surface area contributed by atoms with Crippen molar-refractivity contribution in [2.75, 3.05) is 25.4 Å². The van der Waals surface area contributed by atoms with Crippen LogP contribution in [0.2, 0.25) is 0 Å². The molecule has 0 radical (unpaired) electrons. The quantitative estimate of drug-likeness (QED) is 0.0355. The number of nitrogens with two attached hydrogens (primary N) is 4. The molecule has 0 unspecified atom stereocenters. The summed E-state index contributed by atoms with van der Waals surface area (Å²) in [6.45, 7) is 4.37. The van der Waals surface area contributed by atoms with E-state index in [1.807, 2.05) is 24.3 Å². The highest BCUT2D eigenvalue weighted by atomic mass is 33.1. The Morgan fingerprint density at radius 2 is 1.54 bits per heavy atom. The van der Waals surface area contributed by atoms with Gasteiger partial charge in [-0.25, -0.2) is 0 Å². The number of nitrogens with one attached hydrogen (secondary N) is 8. The molecule has 1 aliphatic carbocycles. The number of amides is 10. The minimum absolute atomic E-state index is 0.0308. The van der Waals surface area contributed by atoms with Crippen LogP contribution in [0.1, 0.15) is 103 Å². The lowest BCUT2D eigenvalue weighted by Crippen LogP contribution is -2.63. The lowest BCUT2D eigenvalue weighted by molar-refractivity contribution is -0.142. The summed E-state index contributed by atoms with van der Waals surface area (Å²) in [5, 5.41) is 30.2. The summed E-state index contributed by atoms with van der Waals surface area (Å²) in [5.74, 6) is -9.00. The highest BCUT2D eigenvalue weighted by molar-refractivity contribution is 8.77. The van der Waals surface area contributed by atoms with Gasteiger partial charge < -0.3 is 75.1 Å². The zero-order valence-corrected chi connectivity index (χ0v) is 44.8. The lowest BCUT2D eigenvalue weighted by atomic mass is 9.85. The van der Waals surface area contributed by atoms with Crippen molar-refractivity contribution in [2.45, 2.75) is 157 Å². The molecule has 27 heteroatoms. The molecule has 3 fully saturated rings. The molecule has 9 atom stereocenters. The molecule has 76 heavy (non-hydrogen) atoms. The molecular weight excluding hydrogens is 1020 g/mol. The molecule has 2 aromatic rings. The standard InChI is InChI=1S/C49H74N14O11S2/c1-4-26(2)39-45(72)62-40(27(3)64)46(73)59-33(21-36(50)65)42(69)60-34(47(74)63-19-11-15-35(63)44(71)58-31(14-10-18-54-48(52)53)41(68)56-24-37(51)66)25-75-76-49(16-8-5-9-17-49)22-38(67)57-32(43(70)61-39)20-28-23-55-30-13-7-6-12-29(28)30/h6-7,12-13,23,26-27,31-35,39-40,55,64H,4-5,8-11,14-22,24-25H2,1-3H3,(H2,50,65)(H2,51,66)(H,56,68)(H,57,67)(H,58,71)(H,59,73)(H,60,69)(H,61,70)(H,62,72)(H4,52,53,54)/t26-,27-,31-,32+,33-,34-,35-,39-,40+/m0/s1. The van der Waals surface area contributed by atoms with Gasteiger partial charge >= 0.3 is 0 Å². The number of carbonyl (C=O) groups is 10. The Morgan fingerprint density at radius 3 is 2.21 bits per heavy atom. The number of H-pyrrole nitrogens is 1. The fourth-order valence-corrected chi connectivity index (χ4v) is 12.9. The first-order valence-corrected chi connectivity index (χ1v) is 28.0. The summed E-state index contributed by atoms with van der Waals surface area (Å²) >= 11 is 0. The van der Waals surface area contributed by atoms with Gasteiger partial charge in [0.1, 0.15) is 42.3 Å². The van der Waals surface area contributed by atoms with Crippen LogP contribution in [0, 0.1) is 5.92 Å². The molecule has 1 aromatic heterocycles. The molecule has 2 aliphatic heterocycles. The second-order valence-electron chi connectivity index (χ2n) is 19.7. The average molecular weight is 1100 g/mol. The molecule has 1 aromatic carbocycles. The van der Waals surface area contributed by atoms with Crippen molar-refractivity contribution in [2.24, 2.45) is 33.8 Å². The van der Waals surface area contributed by atoms with Gasteiger partial charge in [-0.05, 0) is 63.0 Å². The van der Waals surface area contributed by atoms with Gasteiger partial charge in [-0.1, -0.05) is 79.3 Å². The normalized spacial score (nSPS) is 24.3. The van der Waals surface area contributed by atoms with Crippen LogP contribution in [0.25, 0.3) is 10.9 Å². The van der Waals surface area contributed by atoms with E-state index in [-0.39, 0.29) is 56.9 Å². The Morgan fingerprint density at radius 1 is 0.855 bits per heavy atom. The van der Waals surface area contributed by atoms with Crippen LogP contribution in [0.15, 0.2) is 35.5 Å². The summed E-state index contributed by atoms with van der Waals surface area (Å²) < 4.78 is -0.716. The Kier molecular flexibility index (Phi) is 22.6. The molecule has 1 saturated carbocycles. The van der Waals surface area contributed by atoms with Crippen molar-refractivity contribution in [3.05, 3.63) is 36.0 Å². The van der Waals surface area contributed by atoms with Crippen molar-refractivity contribution in [1.82, 2.24) is 47.1 Å². The number of primary amides is 2. The van der Waals surface area contributed by atoms with Crippen LogP contribution >= 0.6 is 21.6 Å². The third-order valence-electron chi connectivity index (χ3n) is 13.8. The summed E-state index contributed by atoms with van der Waals surface area (Å²) in [6, 6.07) is -2.29. The number of rotatable bonds is 17. The molecule has 10 amide bonds. The number of aliphatic hydroxyl groups is 1. The van der Waals surface area contributed by atoms with Gasteiger partial charge in [-0.3, -0.25) is 52.9 Å². The minimum Gasteiger partial charge on any atom is -0.391 e. The van der Waals surface area contributed by atoms with E-state index in [1.54, 1.807) is 20.0 Å². The average Bonchev–Trinajstić information content (AvgIpc) is 4.03. The Bertz CT molecular complexity index is 2460. The van der Waals surface area contributed by atoms with Gasteiger partial charge in [0, 0.05) is 53.5 Å². The lowest BCUT2D eigenvalue weighted by Gasteiger charge is -2.37. The summed E-state index contributed by atoms with van der Waals surface area (Å²) in [5.41, 5.74) is 23.3. The van der Waals surface area contributed by atoms with Gasteiger partial charge in [0.15, 0.2) is 5.96 Å². The number of guanidine groups is 1. The molecular formula is C49H74N14O11S2. The van der Waals surface area contributed by atoms with Crippen molar-refractivity contribution in [3.63, 3.8) is 0 Å². The van der Waals surface area contributed by atoms with Gasteiger partial charge in [-0.15, -0.1) is 0 Å². The van der Waals surface area contributed by atoms with Crippen LogP contribution in [-0.2, 0) is 54.4 Å². The zero-order chi connectivity index (χ0) is 55.7. The number of likely N-dealkylation sites (tertiary alicyclic amines) is 1. The zero-order valence-electron chi connectivity index (χ0n) is 43.2. The number of nitrogens with zero attached hydrogens (tertiary/aromatic N) is 2. The fraction of sp³-hybridized carbons (Fsp3) is 0.612. The van der Waals surface area contributed by atoms with E-state index < -0.39 is 131 Å². The predicted octanol–water partition coefficient (Wildman–Crippen LogP) is -1.94. The van der Waals surface area contributed by atoms with Crippen molar-refractivity contribution >= 4 is 97.5 Å². The van der Waals surface area contributed by atoms with Crippen LogP contribution in [0.5, 0.6) is 0 Å². The number of carbonyl (C=O) groups excluding carboxylic acids is 10. The Balaban J connectivity index is 1.51. The van der Waals surface area contributed by atoms with Crippen LogP contribution in [0.3, 0.4) is 0 Å². The summed E-state index contributed by atoms with van der Waals surface area (Å²) in [7, 11) is 2.55. The number of aromatic nitrogens is 1. The maximum Gasteiger partial charge on any atom is 0.246 e. The van der Waals surface area contributed by atoms with Gasteiger partial charge in [-0.2, -0.15) is 0 Å². The van der Waals surface area contributed by atoms with Crippen molar-refractivity contribution in [1.29, 1.82) is 0 Å². The van der Waals surface area contributed by atoms with Gasteiger partial charge in [0.25, 0.3) is 0 Å². The molecule has 1 spiro atoms. The maximum absolute atomic E-state index is 14.9. The van der Waals surface area contributed by atoms with E-state index in [9.17, 15) is 53.1 Å². The van der Waals surface area contributed by atoms with Crippen molar-refractivity contribution < 1.29 is 53.1 Å². The number of hydrogen-bond donors (Lipinski definition) is 13. The topological polar surface area (TPSA) is 411 Å². The number of hydrogen-bond acceptors (Lipinski definition) is 14. The largest absolute Gasteiger partial charge is 0.391 e. The van der Waals surface area contributed by atoms with Crippen LogP contribution in [0.4, 0.5) is 0 Å². The van der Waals surface area contributed by atoms with Crippen LogP contribution < -0.4 is 60.2 Å². The number of para-hydroxylation sites is 1. The van der Waals surface area contributed by atoms with Crippen LogP contribution in [-0.4, -0.2) is 159 Å². The third kappa shape index (κ3) is 17.2. The Hall–Kier alpha value is -6.61. The third-order valence-corrected chi connectivity index (χ3v) is 17.1. The number of benzene rings is 1. The molecule has 2 saturated heterocycles. The summed E-state index contributed by atoms with van der Waals surface area (Å²) in [6.07, 6.45) is 4.14. The predicted molar refractivity (Wildman–Crippen MR) is 286 cm³/mol. The molecule has 17 N–H and O–H groups in total. The highest BCUT2D eigenvalue weighted by Gasteiger charge is 2.43. The first kappa shape index (κ1) is 60.3. The van der Waals surface area contributed by atoms with E-state index in [1.165, 1.54) is 33.4 Å². The monoisotopic (exact) mass is 1100 g/mol. The van der Waals surface area contributed by atoms with E-state index >= 15 is 0 Å². The molecule has 25 nitrogen and oxygen atoms in total. The van der Waals surface area contributed by atoms with Gasteiger partial charge in [0.2, 0.25) is 59.1 Å². The molecule has 5 rings (SSSR count). The number of aliphatic imine (C=N–C) groups is 1. The SMILES string of the molecule is CC[C@H](C)[C@@H]1NC(=O)[C@@H](Cc2c[nH]c3ccccc23)NC(=O)CC2(CCCCC2)SSC[C@@H](C(=O)N2CCC[C@H]2C(=O)N[C@@H](CCCN=C(N)N)C(=O)NCC(N)=O)NC(=O)[C@H](CC(N)=O)NC(=O)[C@@H]([C@H](C)O)NC1=O. The molecule has 0 bridgehead atoms. The van der Waals surface area contributed by atoms with E-state index in [0.717, 1.165) is 35.7 Å². The number of aromatic amines is 1. The first-order valence-electron chi connectivity index (χ1n) is 25.7. The maximum atomic E-state index is 14.9. The first-order chi connectivity index (χ1) is 36.1. The fourth-order valence-electron chi connectivity index (χ4n) is 9.54. The summed E-state index contributed by atoms with van der Waals surface area (Å²) in [4.78, 5) is 146. The van der Waals surface area contributed by atoms with Gasteiger partial charge in [0.05, 0.1) is 19.1 Å². The van der Waals surface area contributed by atoms with Crippen molar-refractivity contribution in [3.8, 4) is 0 Å². The van der Waals surface area contributed by atoms with E-state index in [4.69, 9.17) is 22.9 Å². The molecule has 3 heterocycles. The smallest absolute Gasteiger partial charge is 0.246 e. The number of aliphatic hydroxyl groups excluding tert-OH is 1. The van der Waals surface area contributed by atoms with E-state index in [2.05, 4.69) is 47.2 Å². The second kappa shape index (κ2) is 28.5. The number of fused-ring (bicyclic) bond motifs is 1. The minimum atomic E-state index is -1.75. The molecule has 418 valence electrons. The van der Waals surface area contributed by atoms with E-state index in [0.29, 0.717) is 25.7 Å².